The van der Waals surface area contributed by atoms with E-state index >= 15 is 0 Å². The average molecular weight is 318 g/mol. The van der Waals surface area contributed by atoms with Gasteiger partial charge in [0.2, 0.25) is 0 Å². The summed E-state index contributed by atoms with van der Waals surface area (Å²) in [4.78, 5) is 12.1. The van der Waals surface area contributed by atoms with Gasteiger partial charge in [-0.15, -0.1) is 11.6 Å². The molecule has 110 valence electrons. The summed E-state index contributed by atoms with van der Waals surface area (Å²) in [5.74, 6) is -0.391. The van der Waals surface area contributed by atoms with Crippen molar-refractivity contribution in [2.24, 2.45) is 5.41 Å². The van der Waals surface area contributed by atoms with Gasteiger partial charge >= 0.3 is 0 Å². The number of hydrogen-bond donors (Lipinski definition) is 1. The first-order valence-corrected chi connectivity index (χ1v) is 7.77. The molecule has 1 aliphatic rings. The van der Waals surface area contributed by atoms with Gasteiger partial charge in [0.25, 0.3) is 5.91 Å². The second kappa shape index (κ2) is 6.77. The minimum Gasteiger partial charge on any atom is -0.351 e. The summed E-state index contributed by atoms with van der Waals surface area (Å²) in [6.45, 7) is 0.516. The van der Waals surface area contributed by atoms with E-state index in [0.717, 1.165) is 25.7 Å². The van der Waals surface area contributed by atoms with Crippen LogP contribution in [0.5, 0.6) is 0 Å². The Labute approximate surface area is 128 Å². The molecule has 2 rings (SSSR count). The number of rotatable bonds is 4. The maximum absolute atomic E-state index is 13.3. The third-order valence-corrected chi connectivity index (χ3v) is 4.97. The fourth-order valence-corrected chi connectivity index (χ4v) is 3.28. The molecule has 1 saturated carbocycles. The summed E-state index contributed by atoms with van der Waals surface area (Å²) < 4.78 is 13.3. The number of halogens is 3. The fourth-order valence-electron chi connectivity index (χ4n) is 2.70. The molecule has 0 aliphatic heterocycles. The van der Waals surface area contributed by atoms with Crippen molar-refractivity contribution >= 4 is 29.1 Å². The van der Waals surface area contributed by atoms with Crippen LogP contribution in [-0.4, -0.2) is 18.3 Å². The molecule has 20 heavy (non-hydrogen) atoms. The van der Waals surface area contributed by atoms with Crippen molar-refractivity contribution in [3.63, 3.8) is 0 Å². The standard InChI is InChI=1S/C15H18Cl2FNO/c16-9-15(7-2-1-3-8-15)10-19-14(20)11-5-4-6-12(18)13(11)17/h4-6H,1-3,7-10H2,(H,19,20). The highest BCUT2D eigenvalue weighted by atomic mass is 35.5. The van der Waals surface area contributed by atoms with Gasteiger partial charge in [-0.25, -0.2) is 4.39 Å². The summed E-state index contributed by atoms with van der Waals surface area (Å²) in [7, 11) is 0. The van der Waals surface area contributed by atoms with Crippen LogP contribution in [0.3, 0.4) is 0 Å². The maximum Gasteiger partial charge on any atom is 0.252 e. The molecule has 0 unspecified atom stereocenters. The van der Waals surface area contributed by atoms with Crippen LogP contribution in [0.15, 0.2) is 18.2 Å². The summed E-state index contributed by atoms with van der Waals surface area (Å²) >= 11 is 11.9. The molecule has 0 atom stereocenters. The molecule has 5 heteroatoms. The zero-order valence-electron chi connectivity index (χ0n) is 11.2. The van der Waals surface area contributed by atoms with Crippen LogP contribution in [0.4, 0.5) is 4.39 Å². The molecule has 1 aromatic rings. The number of amides is 1. The molecule has 1 amide bonds. The Bertz CT molecular complexity index is 487. The third-order valence-electron chi connectivity index (χ3n) is 4.02. The van der Waals surface area contributed by atoms with Gasteiger partial charge in [-0.3, -0.25) is 4.79 Å². The van der Waals surface area contributed by atoms with E-state index in [4.69, 9.17) is 23.2 Å². The van der Waals surface area contributed by atoms with Gasteiger partial charge in [-0.05, 0) is 25.0 Å². The van der Waals surface area contributed by atoms with Crippen LogP contribution < -0.4 is 5.32 Å². The number of alkyl halides is 1. The van der Waals surface area contributed by atoms with Crippen LogP contribution in [0.25, 0.3) is 0 Å². The van der Waals surface area contributed by atoms with Gasteiger partial charge in [0.1, 0.15) is 5.82 Å². The lowest BCUT2D eigenvalue weighted by molar-refractivity contribution is 0.0920. The summed E-state index contributed by atoms with van der Waals surface area (Å²) in [5.41, 5.74) is 0.141. The van der Waals surface area contributed by atoms with E-state index in [0.29, 0.717) is 12.4 Å². The second-order valence-corrected chi connectivity index (χ2v) is 6.12. The van der Waals surface area contributed by atoms with Crippen LogP contribution in [-0.2, 0) is 0 Å². The van der Waals surface area contributed by atoms with Crippen molar-refractivity contribution < 1.29 is 9.18 Å². The molecule has 1 fully saturated rings. The van der Waals surface area contributed by atoms with E-state index < -0.39 is 5.82 Å². The van der Waals surface area contributed by atoms with Gasteiger partial charge < -0.3 is 5.32 Å². The van der Waals surface area contributed by atoms with Crippen LogP contribution in [0.2, 0.25) is 5.02 Å². The zero-order valence-corrected chi connectivity index (χ0v) is 12.7. The van der Waals surface area contributed by atoms with E-state index in [1.165, 1.54) is 24.6 Å². The third kappa shape index (κ3) is 3.44. The smallest absolute Gasteiger partial charge is 0.252 e. The van der Waals surface area contributed by atoms with E-state index in [2.05, 4.69) is 5.32 Å². The van der Waals surface area contributed by atoms with Crippen molar-refractivity contribution in [2.45, 2.75) is 32.1 Å². The SMILES string of the molecule is O=C(NCC1(CCl)CCCCC1)c1cccc(F)c1Cl. The molecule has 0 heterocycles. The Kier molecular flexibility index (Phi) is 5.28. The van der Waals surface area contributed by atoms with Gasteiger partial charge in [-0.1, -0.05) is 36.9 Å². The Hall–Kier alpha value is -0.800. The van der Waals surface area contributed by atoms with Crippen molar-refractivity contribution in [3.8, 4) is 0 Å². The highest BCUT2D eigenvalue weighted by Crippen LogP contribution is 2.36. The minimum atomic E-state index is -0.580. The molecule has 0 bridgehead atoms. The summed E-state index contributed by atoms with van der Waals surface area (Å²) in [6.07, 6.45) is 5.55. The minimum absolute atomic E-state index is 0.0325. The average Bonchev–Trinajstić information content (AvgIpc) is 2.48. The topological polar surface area (TPSA) is 29.1 Å². The Balaban J connectivity index is 2.02. The lowest BCUT2D eigenvalue weighted by Crippen LogP contribution is -2.40. The molecular weight excluding hydrogens is 300 g/mol. The predicted molar refractivity (Wildman–Crippen MR) is 80.0 cm³/mol. The molecule has 2 nitrogen and oxygen atoms in total. The maximum atomic E-state index is 13.3. The first-order valence-electron chi connectivity index (χ1n) is 6.86. The normalized spacial score (nSPS) is 17.8. The molecule has 0 saturated heterocycles. The zero-order chi connectivity index (χ0) is 14.6. The van der Waals surface area contributed by atoms with Crippen molar-refractivity contribution in [2.75, 3.05) is 12.4 Å². The van der Waals surface area contributed by atoms with E-state index in [9.17, 15) is 9.18 Å². The quantitative estimate of drug-likeness (QED) is 0.819. The number of benzene rings is 1. The molecule has 1 aromatic carbocycles. The lowest BCUT2D eigenvalue weighted by Gasteiger charge is -2.35. The molecule has 0 aromatic heterocycles. The Morgan fingerprint density at radius 3 is 2.65 bits per heavy atom. The van der Waals surface area contributed by atoms with Gasteiger partial charge in [0.05, 0.1) is 10.6 Å². The second-order valence-electron chi connectivity index (χ2n) is 5.48. The predicted octanol–water partition coefficient (Wildman–Crippen LogP) is 4.40. The highest BCUT2D eigenvalue weighted by Gasteiger charge is 2.31. The number of carbonyl (C=O) groups excluding carboxylic acids is 1. The first-order chi connectivity index (χ1) is 9.58. The first kappa shape index (κ1) is 15.6. The Morgan fingerprint density at radius 2 is 2.00 bits per heavy atom. The number of nitrogens with one attached hydrogen (secondary N) is 1. The molecule has 0 spiro atoms. The van der Waals surface area contributed by atoms with Crippen molar-refractivity contribution in [1.29, 1.82) is 0 Å². The largest absolute Gasteiger partial charge is 0.351 e. The summed E-state index contributed by atoms with van der Waals surface area (Å²) in [6, 6.07) is 4.24. The van der Waals surface area contributed by atoms with Crippen LogP contribution >= 0.6 is 23.2 Å². The monoisotopic (exact) mass is 317 g/mol. The van der Waals surface area contributed by atoms with Gasteiger partial charge in [0.15, 0.2) is 0 Å². The van der Waals surface area contributed by atoms with Gasteiger partial charge in [0, 0.05) is 17.8 Å². The Morgan fingerprint density at radius 1 is 1.30 bits per heavy atom. The van der Waals surface area contributed by atoms with Crippen LogP contribution in [0.1, 0.15) is 42.5 Å². The lowest BCUT2D eigenvalue weighted by atomic mass is 9.75. The van der Waals surface area contributed by atoms with Crippen molar-refractivity contribution in [3.05, 3.63) is 34.6 Å². The molecule has 1 aliphatic carbocycles. The number of hydrogen-bond acceptors (Lipinski definition) is 1. The highest BCUT2D eigenvalue weighted by molar-refractivity contribution is 6.34. The van der Waals surface area contributed by atoms with E-state index in [1.807, 2.05) is 0 Å². The molecular formula is C15H18Cl2FNO. The molecule has 1 N–H and O–H groups in total. The van der Waals surface area contributed by atoms with E-state index in [1.54, 1.807) is 0 Å². The van der Waals surface area contributed by atoms with Crippen molar-refractivity contribution in [1.82, 2.24) is 5.32 Å². The summed E-state index contributed by atoms with van der Waals surface area (Å²) in [5, 5.41) is 2.72. The molecule has 0 radical (unpaired) electrons. The van der Waals surface area contributed by atoms with E-state index in [-0.39, 0.29) is 21.9 Å². The fraction of sp³-hybridized carbons (Fsp3) is 0.533. The van der Waals surface area contributed by atoms with Crippen LogP contribution in [0, 0.1) is 11.2 Å². The van der Waals surface area contributed by atoms with Gasteiger partial charge in [-0.2, -0.15) is 0 Å². The number of carbonyl (C=O) groups is 1.